The van der Waals surface area contributed by atoms with Crippen LogP contribution in [0.2, 0.25) is 0 Å². The van der Waals surface area contributed by atoms with Crippen molar-refractivity contribution in [1.82, 2.24) is 89.7 Å². The molecular weight excluding hydrogens is 1710 g/mol. The number of hydrogen-bond acceptors (Lipinski definition) is 34. The van der Waals surface area contributed by atoms with E-state index in [1.807, 2.05) is 69.9 Å². The lowest BCUT2D eigenvalue weighted by Gasteiger charge is -2.24. The highest BCUT2D eigenvalue weighted by molar-refractivity contribution is 5.59. The first-order valence-corrected chi connectivity index (χ1v) is 44.5. The largest absolute Gasteiger partial charge is 0.451 e. The molecule has 1 aliphatic heterocycles. The molecule has 0 radical (unpaired) electrons. The third-order valence-corrected chi connectivity index (χ3v) is 21.3. The van der Waals surface area contributed by atoms with Crippen molar-refractivity contribution < 1.29 is 41.6 Å². The number of alkyl halides is 3. The molecule has 1 saturated carbocycles. The van der Waals surface area contributed by atoms with Gasteiger partial charge in [-0.2, -0.15) is 13.2 Å². The molecule has 0 aromatic carbocycles. The van der Waals surface area contributed by atoms with E-state index in [4.69, 9.17) is 69.2 Å². The Kier molecular flexibility index (Phi) is 36.3. The molecule has 0 spiro atoms. The van der Waals surface area contributed by atoms with E-state index in [9.17, 15) is 13.2 Å². The minimum absolute atomic E-state index is 0.0384. The van der Waals surface area contributed by atoms with Crippen LogP contribution in [0.5, 0.6) is 69.0 Å². The SMILES string of the molecule is C#Cc1cc(Oc2cnc(C)nc2N)c(C(C)C)cn1.CCN(CC)c1cc(Oc2cnc(C)nc2N)c(C(C)C)cn1.Cc1ncc(Oc2cc(C(F)(F)F)ncc2C(C)C)c(N)n1.Cc1ncc(Oc2cc(N(C)C(C)C)ncc2C(C)C)c(N)n1.Cc1ncc(Oc2cc(N(C)C3CC3)ncc2C(C)C)c(N)n1.Cc1ncc(Oc2cc(N3CCCC3)ncc2C(C)C)c(N)n1. The number of terminal acetylenes is 1. The van der Waals surface area contributed by atoms with E-state index in [-0.39, 0.29) is 41.0 Å². The standard InChI is InChI=1S/2C17H23N5O.2C17H25N5O.C15H16N4O.C14H15F3N4O/c1-10(2)13-8-20-16(22(4)12-5-6-12)7-14(13)23-15-9-19-11(3)21-17(15)18;1-11(2)13-9-20-16(22-6-4-5-7-22)8-14(13)23-15-10-19-12(3)21-17(15)18;1-10(2)13-8-20-16(22(6)11(3)4)7-14(13)23-15-9-19-12(5)21-17(15)18;1-6-22(7-2)16-8-14(13(9-20-16)11(3)4)23-15-10-19-12(5)21-17(15)18;1-5-11-6-13(12(7-18-11)9(2)3)20-14-8-17-10(4)19-15(14)16;1-7(2)9-5-20-12(14(15,16)17)4-10(9)22-11-6-19-8(3)21-13(11)18/h7-10,12H,5-6H2,1-4H3,(H2,18,19,21);8-11H,4-7H2,1-3H3,(H2,18,19,21);7-11H,1-6H3,(H2,18,19,21);8-11H,6-7H2,1-5H3,(H2,18,19,21);1,6-9H,2-4H3,(H2,16,17,19);4-7H,1-3H3,(H2,18,19,21). The summed E-state index contributed by atoms with van der Waals surface area (Å²) in [5.74, 6) is 18.8. The third kappa shape index (κ3) is 28.8. The molecule has 2 fully saturated rings. The first kappa shape index (κ1) is 103. The summed E-state index contributed by atoms with van der Waals surface area (Å²) in [7, 11) is 4.08. The Balaban J connectivity index is 0.000000181. The van der Waals surface area contributed by atoms with E-state index in [1.54, 1.807) is 84.8 Å². The number of anilines is 10. The van der Waals surface area contributed by atoms with Crippen molar-refractivity contribution in [2.45, 2.75) is 232 Å². The van der Waals surface area contributed by atoms with Crippen LogP contribution in [-0.4, -0.2) is 142 Å². The van der Waals surface area contributed by atoms with Gasteiger partial charge in [-0.15, -0.1) is 6.42 Å². The van der Waals surface area contributed by atoms with Crippen LogP contribution in [0.3, 0.4) is 0 Å². The Morgan fingerprint density at radius 1 is 0.366 bits per heavy atom. The van der Waals surface area contributed by atoms with E-state index >= 15 is 0 Å². The minimum Gasteiger partial charge on any atom is -0.451 e. The van der Waals surface area contributed by atoms with E-state index in [0.29, 0.717) is 134 Å². The predicted octanol–water partition coefficient (Wildman–Crippen LogP) is 20.0. The molecule has 1 saturated heterocycles. The quantitative estimate of drug-likeness (QED) is 0.0274. The van der Waals surface area contributed by atoms with Gasteiger partial charge >= 0.3 is 6.18 Å². The molecule has 13 heterocycles. The van der Waals surface area contributed by atoms with Crippen molar-refractivity contribution >= 4 is 58.2 Å². The highest BCUT2D eigenvalue weighted by Gasteiger charge is 2.35. The second-order valence-electron chi connectivity index (χ2n) is 34.1. The fourth-order valence-electron chi connectivity index (χ4n) is 13.2. The van der Waals surface area contributed by atoms with Crippen molar-refractivity contribution in [3.8, 4) is 81.3 Å². The molecule has 12 N–H and O–H groups in total. The fraction of sp³-hybridized carbons (Fsp3) is 0.423. The van der Waals surface area contributed by atoms with Gasteiger partial charge in [0.05, 0.1) is 37.2 Å². The van der Waals surface area contributed by atoms with Crippen LogP contribution in [0.1, 0.15) is 252 Å². The van der Waals surface area contributed by atoms with Gasteiger partial charge in [0.2, 0.25) is 0 Å². The highest BCUT2D eigenvalue weighted by Crippen LogP contribution is 2.43. The maximum Gasteiger partial charge on any atom is 0.433 e. The molecular formula is C97H127F3N28O6. The Morgan fingerprint density at radius 3 is 0.940 bits per heavy atom. The second kappa shape index (κ2) is 47.1. The molecule has 712 valence electrons. The van der Waals surface area contributed by atoms with Crippen LogP contribution in [-0.2, 0) is 6.18 Å². The lowest BCUT2D eigenvalue weighted by molar-refractivity contribution is -0.141. The molecule has 12 aromatic rings. The Hall–Kier alpha value is -14.5. The van der Waals surface area contributed by atoms with Crippen molar-refractivity contribution in [1.29, 1.82) is 0 Å². The molecule has 1 aliphatic carbocycles. The van der Waals surface area contributed by atoms with Crippen molar-refractivity contribution in [2.24, 2.45) is 0 Å². The van der Waals surface area contributed by atoms with Gasteiger partial charge in [0.15, 0.2) is 69.4 Å². The Labute approximate surface area is 783 Å². The van der Waals surface area contributed by atoms with Crippen LogP contribution in [0.25, 0.3) is 0 Å². The summed E-state index contributed by atoms with van der Waals surface area (Å²) in [5.41, 5.74) is 40.4. The molecule has 34 nitrogen and oxygen atoms in total. The molecule has 0 bridgehead atoms. The van der Waals surface area contributed by atoms with Crippen LogP contribution in [0.15, 0.2) is 111 Å². The number of nitrogens with two attached hydrogens (primary N) is 6. The number of rotatable bonds is 26. The maximum absolute atomic E-state index is 12.8. The Morgan fingerprint density at radius 2 is 0.642 bits per heavy atom. The summed E-state index contributed by atoms with van der Waals surface area (Å²) in [4.78, 5) is 83.9. The number of nitrogen functional groups attached to an aromatic ring is 6. The summed E-state index contributed by atoms with van der Waals surface area (Å²) >= 11 is 0. The van der Waals surface area contributed by atoms with Crippen molar-refractivity contribution in [3.05, 3.63) is 190 Å². The number of aromatic nitrogens is 18. The number of nitrogens with zero attached hydrogens (tertiary/aromatic N) is 22. The van der Waals surface area contributed by atoms with Crippen LogP contribution in [0, 0.1) is 53.9 Å². The zero-order valence-corrected chi connectivity index (χ0v) is 81.1. The van der Waals surface area contributed by atoms with Gasteiger partial charge in [-0.3, -0.25) is 4.98 Å². The molecule has 134 heavy (non-hydrogen) atoms. The summed E-state index contributed by atoms with van der Waals surface area (Å²) < 4.78 is 73.8. The van der Waals surface area contributed by atoms with Crippen molar-refractivity contribution in [3.63, 3.8) is 0 Å². The molecule has 0 atom stereocenters. The molecule has 0 unspecified atom stereocenters. The maximum atomic E-state index is 12.8. The number of ether oxygens (including phenoxy) is 6. The normalized spacial score (nSPS) is 12.2. The van der Waals surface area contributed by atoms with E-state index in [2.05, 4.69) is 219 Å². The van der Waals surface area contributed by atoms with E-state index in [0.717, 1.165) is 113 Å². The number of hydrogen-bond donors (Lipinski definition) is 6. The van der Waals surface area contributed by atoms with Crippen LogP contribution < -0.4 is 82.4 Å². The fourth-order valence-corrected chi connectivity index (χ4v) is 13.2. The predicted molar refractivity (Wildman–Crippen MR) is 520 cm³/mol. The number of aryl methyl sites for hydroxylation is 6. The molecule has 37 heteroatoms. The average Bonchev–Trinajstić information content (AvgIpc) is 1.76. The van der Waals surface area contributed by atoms with Gasteiger partial charge in [-0.05, 0) is 130 Å². The zero-order chi connectivity index (χ0) is 98.3. The average molecular weight is 1840 g/mol. The van der Waals surface area contributed by atoms with Gasteiger partial charge in [-0.25, -0.2) is 84.7 Å². The highest BCUT2D eigenvalue weighted by atomic mass is 19.4. The van der Waals surface area contributed by atoms with Gasteiger partial charge < -0.3 is 82.4 Å². The summed E-state index contributed by atoms with van der Waals surface area (Å²) in [6, 6.07) is 11.4. The summed E-state index contributed by atoms with van der Waals surface area (Å²) in [6.45, 7) is 47.6. The van der Waals surface area contributed by atoms with Gasteiger partial charge in [0.1, 0.15) is 104 Å². The molecule has 14 rings (SSSR count). The van der Waals surface area contributed by atoms with Gasteiger partial charge in [0, 0.05) is 159 Å². The number of pyridine rings is 6. The zero-order valence-electron chi connectivity index (χ0n) is 81.1. The van der Waals surface area contributed by atoms with Crippen LogP contribution >= 0.6 is 0 Å². The smallest absolute Gasteiger partial charge is 0.433 e. The summed E-state index contributed by atoms with van der Waals surface area (Å²) in [5, 5.41) is 0. The number of halogens is 3. The van der Waals surface area contributed by atoms with E-state index in [1.165, 1.54) is 31.9 Å². The Bertz CT molecular complexity index is 5550. The van der Waals surface area contributed by atoms with Crippen molar-refractivity contribution in [2.75, 3.05) is 94.3 Å². The molecule has 0 amide bonds. The van der Waals surface area contributed by atoms with Crippen LogP contribution in [0.4, 0.5) is 71.3 Å². The lowest BCUT2D eigenvalue weighted by atomic mass is 10.0. The lowest BCUT2D eigenvalue weighted by Crippen LogP contribution is -2.26. The topological polar surface area (TPSA) is 456 Å². The first-order valence-electron chi connectivity index (χ1n) is 44.5. The molecule has 2 aliphatic rings. The minimum atomic E-state index is -4.55. The van der Waals surface area contributed by atoms with E-state index < -0.39 is 11.9 Å². The second-order valence-corrected chi connectivity index (χ2v) is 34.1. The summed E-state index contributed by atoms with van der Waals surface area (Å²) in [6.07, 6.45) is 25.4. The van der Waals surface area contributed by atoms with Gasteiger partial charge in [-0.1, -0.05) is 89.0 Å². The monoisotopic (exact) mass is 1840 g/mol. The molecule has 12 aromatic heterocycles. The first-order chi connectivity index (χ1) is 63.4. The van der Waals surface area contributed by atoms with Gasteiger partial charge in [0.25, 0.3) is 0 Å². The third-order valence-electron chi connectivity index (χ3n) is 21.3.